The van der Waals surface area contributed by atoms with Gasteiger partial charge in [-0.05, 0) is 47.0 Å². The van der Waals surface area contributed by atoms with E-state index in [1.165, 1.54) is 25.0 Å². The van der Waals surface area contributed by atoms with Gasteiger partial charge in [-0.15, -0.1) is 10.2 Å². The number of aromatic nitrogens is 2. The molecule has 1 aromatic carbocycles. The van der Waals surface area contributed by atoms with Crippen LogP contribution in [0.1, 0.15) is 37.5 Å². The van der Waals surface area contributed by atoms with Crippen molar-refractivity contribution in [3.8, 4) is 11.5 Å². The quantitative estimate of drug-likeness (QED) is 0.830. The van der Waals surface area contributed by atoms with Crippen LogP contribution in [0.3, 0.4) is 0 Å². The van der Waals surface area contributed by atoms with Crippen molar-refractivity contribution in [3.63, 3.8) is 0 Å². The van der Waals surface area contributed by atoms with Crippen LogP contribution in [0.25, 0.3) is 11.5 Å². The van der Waals surface area contributed by atoms with Gasteiger partial charge in [0.2, 0.25) is 11.8 Å². The molecule has 2 aromatic rings. The van der Waals surface area contributed by atoms with Crippen molar-refractivity contribution < 1.29 is 8.81 Å². The summed E-state index contributed by atoms with van der Waals surface area (Å²) < 4.78 is 19.3. The van der Waals surface area contributed by atoms with Crippen molar-refractivity contribution in [2.75, 3.05) is 0 Å². The van der Waals surface area contributed by atoms with Gasteiger partial charge in [-0.3, -0.25) is 0 Å². The van der Waals surface area contributed by atoms with E-state index in [9.17, 15) is 4.39 Å². The first-order chi connectivity index (χ1) is 8.74. The summed E-state index contributed by atoms with van der Waals surface area (Å²) in [5.41, 5.74) is 0.730. The standard InChI is InChI=1S/C13H12BrFN2O/c14-11-7-9(15)5-6-10(11)13-17-16-12(18-13)8-3-1-2-4-8/h5-8H,1-4H2. The Balaban J connectivity index is 1.92. The Hall–Kier alpha value is -1.23. The van der Waals surface area contributed by atoms with E-state index in [1.807, 2.05) is 0 Å². The predicted molar refractivity (Wildman–Crippen MR) is 68.6 cm³/mol. The van der Waals surface area contributed by atoms with Crippen molar-refractivity contribution in [1.29, 1.82) is 0 Å². The summed E-state index contributed by atoms with van der Waals surface area (Å²) in [5.74, 6) is 1.26. The molecule has 1 saturated carbocycles. The average Bonchev–Trinajstić information content (AvgIpc) is 2.99. The second-order valence-corrected chi connectivity index (χ2v) is 5.41. The van der Waals surface area contributed by atoms with Crippen LogP contribution in [-0.2, 0) is 0 Å². The van der Waals surface area contributed by atoms with Crippen molar-refractivity contribution in [1.82, 2.24) is 10.2 Å². The van der Waals surface area contributed by atoms with Crippen LogP contribution in [0.15, 0.2) is 27.1 Å². The Morgan fingerprint density at radius 2 is 2.00 bits per heavy atom. The fraction of sp³-hybridized carbons (Fsp3) is 0.385. The molecular formula is C13H12BrFN2O. The highest BCUT2D eigenvalue weighted by Gasteiger charge is 2.23. The van der Waals surface area contributed by atoms with Crippen LogP contribution in [0, 0.1) is 5.82 Å². The van der Waals surface area contributed by atoms with Crippen LogP contribution in [0.5, 0.6) is 0 Å². The van der Waals surface area contributed by atoms with E-state index in [0.29, 0.717) is 22.2 Å². The van der Waals surface area contributed by atoms with Gasteiger partial charge < -0.3 is 4.42 Å². The molecule has 94 valence electrons. The van der Waals surface area contributed by atoms with E-state index >= 15 is 0 Å². The van der Waals surface area contributed by atoms with Crippen molar-refractivity contribution in [2.24, 2.45) is 0 Å². The smallest absolute Gasteiger partial charge is 0.248 e. The molecule has 3 nitrogen and oxygen atoms in total. The van der Waals surface area contributed by atoms with Crippen molar-refractivity contribution in [3.05, 3.63) is 34.4 Å². The molecule has 0 bridgehead atoms. The van der Waals surface area contributed by atoms with Gasteiger partial charge in [0, 0.05) is 10.4 Å². The molecule has 1 aliphatic carbocycles. The molecular weight excluding hydrogens is 299 g/mol. The number of hydrogen-bond donors (Lipinski definition) is 0. The number of hydrogen-bond acceptors (Lipinski definition) is 3. The van der Waals surface area contributed by atoms with Gasteiger partial charge in [0.1, 0.15) is 5.82 Å². The zero-order valence-electron chi connectivity index (χ0n) is 9.70. The maximum absolute atomic E-state index is 13.0. The summed E-state index contributed by atoms with van der Waals surface area (Å²) in [6.45, 7) is 0. The summed E-state index contributed by atoms with van der Waals surface area (Å²) in [6.07, 6.45) is 4.68. The monoisotopic (exact) mass is 310 g/mol. The van der Waals surface area contributed by atoms with Crippen molar-refractivity contribution >= 4 is 15.9 Å². The van der Waals surface area contributed by atoms with Crippen molar-refractivity contribution in [2.45, 2.75) is 31.6 Å². The minimum atomic E-state index is -0.291. The highest BCUT2D eigenvalue weighted by molar-refractivity contribution is 9.10. The molecule has 0 spiro atoms. The fourth-order valence-corrected chi connectivity index (χ4v) is 2.86. The van der Waals surface area contributed by atoms with E-state index < -0.39 is 0 Å². The van der Waals surface area contributed by atoms with E-state index in [0.717, 1.165) is 18.4 Å². The van der Waals surface area contributed by atoms with Crippen LogP contribution in [0.4, 0.5) is 4.39 Å². The first-order valence-electron chi connectivity index (χ1n) is 6.03. The Labute approximate surface area is 113 Å². The maximum atomic E-state index is 13.0. The SMILES string of the molecule is Fc1ccc(-c2nnc(C3CCCC3)o2)c(Br)c1. The lowest BCUT2D eigenvalue weighted by Crippen LogP contribution is -1.91. The summed E-state index contributed by atoms with van der Waals surface area (Å²) in [6, 6.07) is 4.43. The average molecular weight is 311 g/mol. The number of rotatable bonds is 2. The first-order valence-corrected chi connectivity index (χ1v) is 6.82. The summed E-state index contributed by atoms with van der Waals surface area (Å²) >= 11 is 3.31. The van der Waals surface area contributed by atoms with Crippen LogP contribution in [-0.4, -0.2) is 10.2 Å². The third-order valence-electron chi connectivity index (χ3n) is 3.31. The Bertz CT molecular complexity index is 564. The fourth-order valence-electron chi connectivity index (χ4n) is 2.34. The molecule has 0 N–H and O–H groups in total. The third-order valence-corrected chi connectivity index (χ3v) is 3.96. The largest absolute Gasteiger partial charge is 0.420 e. The maximum Gasteiger partial charge on any atom is 0.248 e. The summed E-state index contributed by atoms with van der Waals surface area (Å²) in [4.78, 5) is 0. The molecule has 1 aliphatic rings. The molecule has 5 heteroatoms. The molecule has 0 amide bonds. The molecule has 0 aliphatic heterocycles. The normalized spacial score (nSPS) is 16.3. The summed E-state index contributed by atoms with van der Waals surface area (Å²) in [5, 5.41) is 8.16. The molecule has 0 saturated heterocycles. The lowest BCUT2D eigenvalue weighted by Gasteiger charge is -2.01. The van der Waals surface area contributed by atoms with Gasteiger partial charge in [0.05, 0.1) is 5.56 Å². The minimum absolute atomic E-state index is 0.291. The Morgan fingerprint density at radius 1 is 1.22 bits per heavy atom. The predicted octanol–water partition coefficient (Wildman–Crippen LogP) is 4.30. The van der Waals surface area contributed by atoms with Gasteiger partial charge in [-0.2, -0.15) is 0 Å². The van der Waals surface area contributed by atoms with Gasteiger partial charge in [0.25, 0.3) is 0 Å². The number of halogens is 2. The van der Waals surface area contributed by atoms with Crippen LogP contribution < -0.4 is 0 Å². The van der Waals surface area contributed by atoms with Gasteiger partial charge >= 0.3 is 0 Å². The molecule has 1 fully saturated rings. The lowest BCUT2D eigenvalue weighted by atomic mass is 10.1. The van der Waals surface area contributed by atoms with Gasteiger partial charge in [0.15, 0.2) is 0 Å². The molecule has 1 heterocycles. The first kappa shape index (κ1) is 11.8. The summed E-state index contributed by atoms with van der Waals surface area (Å²) in [7, 11) is 0. The molecule has 18 heavy (non-hydrogen) atoms. The molecule has 3 rings (SSSR count). The molecule has 0 unspecified atom stereocenters. The highest BCUT2D eigenvalue weighted by atomic mass is 79.9. The second kappa shape index (κ2) is 4.80. The highest BCUT2D eigenvalue weighted by Crippen LogP contribution is 2.35. The number of benzene rings is 1. The number of nitrogens with zero attached hydrogens (tertiary/aromatic N) is 2. The van der Waals surface area contributed by atoms with E-state index in [2.05, 4.69) is 26.1 Å². The van der Waals surface area contributed by atoms with Crippen LogP contribution >= 0.6 is 15.9 Å². The molecule has 0 atom stereocenters. The Kier molecular flexibility index (Phi) is 3.16. The lowest BCUT2D eigenvalue weighted by molar-refractivity contribution is 0.457. The molecule has 1 aromatic heterocycles. The van der Waals surface area contributed by atoms with Gasteiger partial charge in [-0.1, -0.05) is 12.8 Å². The third kappa shape index (κ3) is 2.19. The topological polar surface area (TPSA) is 38.9 Å². The zero-order valence-corrected chi connectivity index (χ0v) is 11.3. The van der Waals surface area contributed by atoms with E-state index in [-0.39, 0.29) is 5.82 Å². The molecule has 0 radical (unpaired) electrons. The van der Waals surface area contributed by atoms with E-state index in [4.69, 9.17) is 4.42 Å². The zero-order chi connectivity index (χ0) is 12.5. The second-order valence-electron chi connectivity index (χ2n) is 4.55. The van der Waals surface area contributed by atoms with Gasteiger partial charge in [-0.25, -0.2) is 4.39 Å². The Morgan fingerprint density at radius 3 is 2.72 bits per heavy atom. The van der Waals surface area contributed by atoms with Crippen LogP contribution in [0.2, 0.25) is 0 Å². The minimum Gasteiger partial charge on any atom is -0.420 e. The van der Waals surface area contributed by atoms with E-state index in [1.54, 1.807) is 6.07 Å².